The quantitative estimate of drug-likeness (QED) is 0.620. The molecule has 0 spiro atoms. The highest BCUT2D eigenvalue weighted by molar-refractivity contribution is 5.78. The number of fused-ring (bicyclic) bond motifs is 2. The zero-order valence-corrected chi connectivity index (χ0v) is 17.1. The van der Waals surface area contributed by atoms with Crippen LogP contribution in [0.25, 0.3) is 0 Å². The van der Waals surface area contributed by atoms with Gasteiger partial charge >= 0.3 is 0 Å². The van der Waals surface area contributed by atoms with E-state index in [9.17, 15) is 4.79 Å². The molecule has 2 bridgehead atoms. The monoisotopic (exact) mass is 383 g/mol. The highest BCUT2D eigenvalue weighted by Crippen LogP contribution is 2.28. The molecule has 2 saturated heterocycles. The van der Waals surface area contributed by atoms with Gasteiger partial charge in [-0.2, -0.15) is 5.26 Å². The number of carbonyl (C=O) groups is 1. The van der Waals surface area contributed by atoms with E-state index in [4.69, 9.17) is 10.00 Å². The summed E-state index contributed by atoms with van der Waals surface area (Å²) < 4.78 is 5.85. The van der Waals surface area contributed by atoms with Crippen LogP contribution in [0, 0.1) is 23.2 Å². The second-order valence-corrected chi connectivity index (χ2v) is 8.36. The Bertz CT molecular complexity index is 653. The van der Waals surface area contributed by atoms with E-state index in [1.54, 1.807) is 12.1 Å². The largest absolute Gasteiger partial charge is 0.492 e. The van der Waals surface area contributed by atoms with Gasteiger partial charge in [-0.1, -0.05) is 6.92 Å². The molecular weight excluding hydrogens is 350 g/mol. The van der Waals surface area contributed by atoms with Crippen LogP contribution in [0.1, 0.15) is 44.6 Å². The van der Waals surface area contributed by atoms with Crippen LogP contribution in [0.5, 0.6) is 5.75 Å². The topological polar surface area (TPSA) is 56.6 Å². The van der Waals surface area contributed by atoms with Crippen LogP contribution in [0.2, 0.25) is 0 Å². The lowest BCUT2D eigenvalue weighted by Gasteiger charge is -2.46. The standard InChI is InChI=1S/C23H33N3O2/c1-2-4-22(27)5-3-10-25-15-20-13-21(16-25)18-26(17-20)11-12-28-23-8-6-19(14-24)7-9-23/h6-9,20-21H,2-5,10-13,15-18H2,1H3. The molecule has 0 N–H and O–H groups in total. The number of nitriles is 1. The van der Waals surface area contributed by atoms with Crippen molar-refractivity contribution in [1.82, 2.24) is 9.80 Å². The first kappa shape index (κ1) is 20.8. The first-order valence-electron chi connectivity index (χ1n) is 10.8. The van der Waals surface area contributed by atoms with Gasteiger partial charge in [-0.3, -0.25) is 9.69 Å². The van der Waals surface area contributed by atoms with E-state index < -0.39 is 0 Å². The fourth-order valence-electron chi connectivity index (χ4n) is 4.68. The molecule has 28 heavy (non-hydrogen) atoms. The molecule has 1 aromatic carbocycles. The maximum atomic E-state index is 11.7. The molecule has 2 heterocycles. The first-order valence-corrected chi connectivity index (χ1v) is 10.8. The van der Waals surface area contributed by atoms with Gasteiger partial charge < -0.3 is 9.64 Å². The Labute approximate surface area is 169 Å². The summed E-state index contributed by atoms with van der Waals surface area (Å²) in [6, 6.07) is 9.46. The minimum atomic E-state index is 0.424. The van der Waals surface area contributed by atoms with Crippen molar-refractivity contribution in [3.8, 4) is 11.8 Å². The van der Waals surface area contributed by atoms with Gasteiger partial charge in [0, 0.05) is 45.6 Å². The van der Waals surface area contributed by atoms with Crippen molar-refractivity contribution >= 4 is 5.78 Å². The van der Waals surface area contributed by atoms with Crippen LogP contribution in [0.3, 0.4) is 0 Å². The third kappa shape index (κ3) is 6.32. The molecule has 0 radical (unpaired) electrons. The highest BCUT2D eigenvalue weighted by Gasteiger charge is 2.33. The molecule has 5 nitrogen and oxygen atoms in total. The van der Waals surface area contributed by atoms with Crippen molar-refractivity contribution in [3.05, 3.63) is 29.8 Å². The van der Waals surface area contributed by atoms with E-state index in [-0.39, 0.29) is 0 Å². The normalized spacial score (nSPS) is 22.6. The van der Waals surface area contributed by atoms with E-state index in [0.717, 1.165) is 69.4 Å². The molecule has 2 aliphatic heterocycles. The predicted octanol–water partition coefficient (Wildman–Crippen LogP) is 3.34. The van der Waals surface area contributed by atoms with Gasteiger partial charge in [-0.15, -0.1) is 0 Å². The van der Waals surface area contributed by atoms with E-state index in [0.29, 0.717) is 18.0 Å². The Morgan fingerprint density at radius 3 is 2.32 bits per heavy atom. The summed E-state index contributed by atoms with van der Waals surface area (Å²) in [5, 5.41) is 8.85. The summed E-state index contributed by atoms with van der Waals surface area (Å²) in [4.78, 5) is 16.8. The second-order valence-electron chi connectivity index (χ2n) is 8.36. The number of ether oxygens (including phenoxy) is 1. The number of Topliss-reactive ketones (excluding diaryl/α,β-unsaturated/α-hetero) is 1. The highest BCUT2D eigenvalue weighted by atomic mass is 16.5. The lowest BCUT2D eigenvalue weighted by Crippen LogP contribution is -2.53. The molecule has 2 aliphatic rings. The lowest BCUT2D eigenvalue weighted by atomic mass is 9.84. The van der Waals surface area contributed by atoms with Crippen LogP contribution >= 0.6 is 0 Å². The number of carbonyl (C=O) groups excluding carboxylic acids is 1. The van der Waals surface area contributed by atoms with Crippen molar-refractivity contribution < 1.29 is 9.53 Å². The number of benzene rings is 1. The second kappa shape index (κ2) is 10.6. The summed E-state index contributed by atoms with van der Waals surface area (Å²) >= 11 is 0. The van der Waals surface area contributed by atoms with Gasteiger partial charge in [0.05, 0.1) is 11.6 Å². The smallest absolute Gasteiger partial charge is 0.132 e. The Morgan fingerprint density at radius 2 is 1.71 bits per heavy atom. The first-order chi connectivity index (χ1) is 13.7. The number of rotatable bonds is 10. The SMILES string of the molecule is CCCC(=O)CCCN1CC2CC(C1)CN(CCOc1ccc(C#N)cc1)C2. The number of hydrogen-bond acceptors (Lipinski definition) is 5. The van der Waals surface area contributed by atoms with Crippen molar-refractivity contribution in [3.63, 3.8) is 0 Å². The Morgan fingerprint density at radius 1 is 1.07 bits per heavy atom. The van der Waals surface area contributed by atoms with Gasteiger partial charge in [-0.05, 0) is 61.9 Å². The summed E-state index contributed by atoms with van der Waals surface area (Å²) in [7, 11) is 0. The Kier molecular flexibility index (Phi) is 7.88. The van der Waals surface area contributed by atoms with Crippen molar-refractivity contribution in [2.24, 2.45) is 11.8 Å². The van der Waals surface area contributed by atoms with Crippen molar-refractivity contribution in [1.29, 1.82) is 5.26 Å². The number of ketones is 1. The van der Waals surface area contributed by atoms with Crippen LogP contribution in [0.15, 0.2) is 24.3 Å². The molecule has 5 heteroatoms. The zero-order chi connectivity index (χ0) is 19.8. The molecule has 2 fully saturated rings. The Hall–Kier alpha value is -1.90. The average Bonchev–Trinajstić information content (AvgIpc) is 2.68. The minimum Gasteiger partial charge on any atom is -0.492 e. The Balaban J connectivity index is 1.35. The summed E-state index contributed by atoms with van der Waals surface area (Å²) in [5.74, 6) is 2.75. The predicted molar refractivity (Wildman–Crippen MR) is 110 cm³/mol. The molecule has 0 aromatic heterocycles. The van der Waals surface area contributed by atoms with Gasteiger partial charge in [0.1, 0.15) is 18.1 Å². The van der Waals surface area contributed by atoms with E-state index in [1.165, 1.54) is 19.5 Å². The molecule has 1 aromatic rings. The van der Waals surface area contributed by atoms with Crippen LogP contribution < -0.4 is 4.74 Å². The lowest BCUT2D eigenvalue weighted by molar-refractivity contribution is -0.119. The van der Waals surface area contributed by atoms with E-state index in [1.807, 2.05) is 12.1 Å². The minimum absolute atomic E-state index is 0.424. The number of hydrogen-bond donors (Lipinski definition) is 0. The molecule has 0 saturated carbocycles. The fourth-order valence-corrected chi connectivity index (χ4v) is 4.68. The van der Waals surface area contributed by atoms with Crippen LogP contribution in [-0.2, 0) is 4.79 Å². The third-order valence-corrected chi connectivity index (χ3v) is 5.85. The van der Waals surface area contributed by atoms with Gasteiger partial charge in [0.2, 0.25) is 0 Å². The average molecular weight is 384 g/mol. The summed E-state index contributed by atoms with van der Waals surface area (Å²) in [5.41, 5.74) is 0.662. The molecular formula is C23H33N3O2. The molecule has 3 rings (SSSR count). The molecule has 0 amide bonds. The van der Waals surface area contributed by atoms with Gasteiger partial charge in [-0.25, -0.2) is 0 Å². The number of nitrogens with zero attached hydrogens (tertiary/aromatic N) is 3. The summed E-state index contributed by atoms with van der Waals surface area (Å²) in [6.45, 7) is 9.44. The van der Waals surface area contributed by atoms with Gasteiger partial charge in [0.15, 0.2) is 0 Å². The van der Waals surface area contributed by atoms with Gasteiger partial charge in [0.25, 0.3) is 0 Å². The molecule has 0 aliphatic carbocycles. The number of piperidine rings is 2. The molecule has 2 unspecified atom stereocenters. The van der Waals surface area contributed by atoms with Crippen molar-refractivity contribution in [2.75, 3.05) is 45.9 Å². The van der Waals surface area contributed by atoms with Crippen LogP contribution in [-0.4, -0.2) is 61.5 Å². The fraction of sp³-hybridized carbons (Fsp3) is 0.652. The third-order valence-electron chi connectivity index (χ3n) is 5.85. The molecule has 2 atom stereocenters. The zero-order valence-electron chi connectivity index (χ0n) is 17.1. The van der Waals surface area contributed by atoms with E-state index in [2.05, 4.69) is 22.8 Å². The number of likely N-dealkylation sites (tertiary alicyclic amines) is 2. The maximum Gasteiger partial charge on any atom is 0.132 e. The summed E-state index contributed by atoms with van der Waals surface area (Å²) in [6.07, 6.45) is 4.82. The van der Waals surface area contributed by atoms with E-state index >= 15 is 0 Å². The molecule has 152 valence electrons. The maximum absolute atomic E-state index is 11.7. The van der Waals surface area contributed by atoms with Crippen LogP contribution in [0.4, 0.5) is 0 Å². The van der Waals surface area contributed by atoms with Crippen molar-refractivity contribution in [2.45, 2.75) is 39.0 Å².